The fourth-order valence-corrected chi connectivity index (χ4v) is 3.07. The number of hydrogen-bond donors (Lipinski definition) is 2. The predicted molar refractivity (Wildman–Crippen MR) is 79.9 cm³/mol. The van der Waals surface area contributed by atoms with Crippen LogP contribution in [-0.4, -0.2) is 48.9 Å². The van der Waals surface area contributed by atoms with Gasteiger partial charge in [-0.1, -0.05) is 13.0 Å². The van der Waals surface area contributed by atoms with Gasteiger partial charge in [0.25, 0.3) is 5.91 Å². The second-order valence-electron chi connectivity index (χ2n) is 4.78. The lowest BCUT2D eigenvalue weighted by molar-refractivity contribution is -0.124. The van der Waals surface area contributed by atoms with Gasteiger partial charge in [0.2, 0.25) is 5.91 Å². The molecule has 2 N–H and O–H groups in total. The monoisotopic (exact) mass is 295 g/mol. The molecular formula is C14H21N3O2S. The molecule has 20 heavy (non-hydrogen) atoms. The molecule has 0 saturated carbocycles. The molecule has 1 aliphatic heterocycles. The SMILES string of the molecule is CCNCCNC(=O)C1CCCN1C(=O)c1cccs1. The van der Waals surface area contributed by atoms with Crippen molar-refractivity contribution in [3.63, 3.8) is 0 Å². The van der Waals surface area contributed by atoms with E-state index in [1.807, 2.05) is 24.4 Å². The molecule has 110 valence electrons. The van der Waals surface area contributed by atoms with Crippen LogP contribution in [0.2, 0.25) is 0 Å². The Morgan fingerprint density at radius 1 is 1.45 bits per heavy atom. The number of likely N-dealkylation sites (N-methyl/N-ethyl adjacent to an activating group) is 1. The summed E-state index contributed by atoms with van der Waals surface area (Å²) in [7, 11) is 0. The zero-order valence-corrected chi connectivity index (χ0v) is 12.5. The number of rotatable bonds is 6. The molecule has 1 fully saturated rings. The summed E-state index contributed by atoms with van der Waals surface area (Å²) in [5.41, 5.74) is 0. The number of carbonyl (C=O) groups excluding carboxylic acids is 2. The average Bonchev–Trinajstić information content (AvgIpc) is 3.12. The second kappa shape index (κ2) is 7.40. The first-order valence-corrected chi connectivity index (χ1v) is 7.95. The van der Waals surface area contributed by atoms with Crippen molar-refractivity contribution in [2.45, 2.75) is 25.8 Å². The van der Waals surface area contributed by atoms with Gasteiger partial charge in [0.1, 0.15) is 6.04 Å². The second-order valence-corrected chi connectivity index (χ2v) is 5.73. The van der Waals surface area contributed by atoms with Crippen molar-refractivity contribution in [1.82, 2.24) is 15.5 Å². The fourth-order valence-electron chi connectivity index (χ4n) is 2.39. The van der Waals surface area contributed by atoms with E-state index < -0.39 is 0 Å². The summed E-state index contributed by atoms with van der Waals surface area (Å²) in [5.74, 6) is -0.0605. The molecule has 1 saturated heterocycles. The van der Waals surface area contributed by atoms with E-state index in [2.05, 4.69) is 10.6 Å². The molecule has 2 amide bonds. The highest BCUT2D eigenvalue weighted by molar-refractivity contribution is 7.12. The van der Waals surface area contributed by atoms with Gasteiger partial charge in [-0.3, -0.25) is 9.59 Å². The summed E-state index contributed by atoms with van der Waals surface area (Å²) in [5, 5.41) is 7.94. The molecule has 2 heterocycles. The van der Waals surface area contributed by atoms with Gasteiger partial charge >= 0.3 is 0 Å². The van der Waals surface area contributed by atoms with Gasteiger partial charge in [0.15, 0.2) is 0 Å². The lowest BCUT2D eigenvalue weighted by atomic mass is 10.2. The maximum absolute atomic E-state index is 12.3. The highest BCUT2D eigenvalue weighted by Gasteiger charge is 2.34. The predicted octanol–water partition coefficient (Wildman–Crippen LogP) is 1.08. The van der Waals surface area contributed by atoms with Gasteiger partial charge in [-0.15, -0.1) is 11.3 Å². The fraction of sp³-hybridized carbons (Fsp3) is 0.571. The maximum Gasteiger partial charge on any atom is 0.264 e. The standard InChI is InChI=1S/C14H21N3O2S/c1-2-15-7-8-16-13(18)11-5-3-9-17(11)14(19)12-6-4-10-20-12/h4,6,10-11,15H,2-3,5,7-9H2,1H3,(H,16,18). The lowest BCUT2D eigenvalue weighted by Gasteiger charge is -2.23. The van der Waals surface area contributed by atoms with Gasteiger partial charge in [-0.25, -0.2) is 0 Å². The van der Waals surface area contributed by atoms with Crippen LogP contribution in [0.3, 0.4) is 0 Å². The summed E-state index contributed by atoms with van der Waals surface area (Å²) in [4.78, 5) is 26.9. The highest BCUT2D eigenvalue weighted by atomic mass is 32.1. The van der Waals surface area contributed by atoms with E-state index in [0.717, 1.165) is 25.9 Å². The topological polar surface area (TPSA) is 61.4 Å². The number of thiophene rings is 1. The van der Waals surface area contributed by atoms with E-state index >= 15 is 0 Å². The van der Waals surface area contributed by atoms with Crippen LogP contribution in [0.15, 0.2) is 17.5 Å². The molecule has 1 atom stereocenters. The Kier molecular flexibility index (Phi) is 5.55. The molecule has 1 aromatic rings. The van der Waals surface area contributed by atoms with E-state index in [1.165, 1.54) is 11.3 Å². The summed E-state index contributed by atoms with van der Waals surface area (Å²) in [6.45, 7) is 4.95. The third-order valence-electron chi connectivity index (χ3n) is 3.40. The van der Waals surface area contributed by atoms with Gasteiger partial charge in [0, 0.05) is 19.6 Å². The number of hydrogen-bond acceptors (Lipinski definition) is 4. The van der Waals surface area contributed by atoms with Crippen LogP contribution in [0, 0.1) is 0 Å². The van der Waals surface area contributed by atoms with Crippen LogP contribution in [0.1, 0.15) is 29.4 Å². The van der Waals surface area contributed by atoms with Gasteiger partial charge in [-0.2, -0.15) is 0 Å². The van der Waals surface area contributed by atoms with Crippen molar-refractivity contribution in [2.24, 2.45) is 0 Å². The third kappa shape index (κ3) is 3.58. The smallest absolute Gasteiger partial charge is 0.264 e. The Balaban J connectivity index is 1.90. The van der Waals surface area contributed by atoms with Gasteiger partial charge in [0.05, 0.1) is 4.88 Å². The lowest BCUT2D eigenvalue weighted by Crippen LogP contribution is -2.47. The minimum Gasteiger partial charge on any atom is -0.353 e. The number of carbonyl (C=O) groups is 2. The molecule has 0 radical (unpaired) electrons. The molecule has 0 aliphatic carbocycles. The first-order valence-electron chi connectivity index (χ1n) is 7.07. The summed E-state index contributed by atoms with van der Waals surface area (Å²) in [6, 6.07) is 3.36. The molecule has 2 rings (SSSR count). The molecule has 5 nitrogen and oxygen atoms in total. The number of likely N-dealkylation sites (tertiary alicyclic amines) is 1. The molecule has 1 aromatic heterocycles. The zero-order valence-electron chi connectivity index (χ0n) is 11.7. The van der Waals surface area contributed by atoms with Gasteiger partial charge < -0.3 is 15.5 Å². The summed E-state index contributed by atoms with van der Waals surface area (Å²) < 4.78 is 0. The minimum atomic E-state index is -0.314. The average molecular weight is 295 g/mol. The van der Waals surface area contributed by atoms with Crippen LogP contribution >= 0.6 is 11.3 Å². The van der Waals surface area contributed by atoms with Crippen molar-refractivity contribution < 1.29 is 9.59 Å². The van der Waals surface area contributed by atoms with Crippen LogP contribution in [0.5, 0.6) is 0 Å². The molecule has 0 aromatic carbocycles. The quantitative estimate of drug-likeness (QED) is 0.772. The van der Waals surface area contributed by atoms with Crippen molar-refractivity contribution in [3.05, 3.63) is 22.4 Å². The third-order valence-corrected chi connectivity index (χ3v) is 4.26. The maximum atomic E-state index is 12.3. The molecule has 6 heteroatoms. The Bertz CT molecular complexity index is 447. The normalized spacial score (nSPS) is 18.2. The van der Waals surface area contributed by atoms with Crippen molar-refractivity contribution in [1.29, 1.82) is 0 Å². The Morgan fingerprint density at radius 2 is 2.30 bits per heavy atom. The van der Waals surface area contributed by atoms with Crippen molar-refractivity contribution in [3.8, 4) is 0 Å². The summed E-state index contributed by atoms with van der Waals surface area (Å²) >= 11 is 1.42. The van der Waals surface area contributed by atoms with E-state index in [-0.39, 0.29) is 17.9 Å². The first kappa shape index (κ1) is 15.0. The van der Waals surface area contributed by atoms with Crippen LogP contribution in [-0.2, 0) is 4.79 Å². The molecule has 1 aliphatic rings. The summed E-state index contributed by atoms with van der Waals surface area (Å²) in [6.07, 6.45) is 1.65. The number of nitrogens with one attached hydrogen (secondary N) is 2. The van der Waals surface area contributed by atoms with Crippen LogP contribution < -0.4 is 10.6 Å². The van der Waals surface area contributed by atoms with E-state index in [0.29, 0.717) is 18.0 Å². The van der Waals surface area contributed by atoms with Gasteiger partial charge in [-0.05, 0) is 30.8 Å². The zero-order chi connectivity index (χ0) is 14.4. The molecule has 0 spiro atoms. The van der Waals surface area contributed by atoms with Crippen molar-refractivity contribution in [2.75, 3.05) is 26.2 Å². The number of nitrogens with zero attached hydrogens (tertiary/aromatic N) is 1. The first-order chi connectivity index (χ1) is 9.74. The van der Waals surface area contributed by atoms with Crippen LogP contribution in [0.4, 0.5) is 0 Å². The van der Waals surface area contributed by atoms with Crippen molar-refractivity contribution >= 4 is 23.2 Å². The Hall–Kier alpha value is -1.40. The largest absolute Gasteiger partial charge is 0.353 e. The van der Waals surface area contributed by atoms with E-state index in [9.17, 15) is 9.59 Å². The van der Waals surface area contributed by atoms with E-state index in [1.54, 1.807) is 4.90 Å². The molecular weight excluding hydrogens is 274 g/mol. The van der Waals surface area contributed by atoms with Crippen LogP contribution in [0.25, 0.3) is 0 Å². The Morgan fingerprint density at radius 3 is 3.00 bits per heavy atom. The highest BCUT2D eigenvalue weighted by Crippen LogP contribution is 2.22. The molecule has 1 unspecified atom stereocenters. The number of amides is 2. The Labute approximate surface area is 123 Å². The minimum absolute atomic E-state index is 0.0238. The molecule has 0 bridgehead atoms. The van der Waals surface area contributed by atoms with E-state index in [4.69, 9.17) is 0 Å².